The number of allylic oxidation sites excluding steroid dienone is 3. The minimum atomic E-state index is -3.51. The van der Waals surface area contributed by atoms with Crippen molar-refractivity contribution >= 4 is 10.0 Å². The molecule has 0 aromatic carbocycles. The SMILES string of the molecule is CC(C)=CCC/C(C)=C/CNS(=O)(=O)c1ccccn1. The third-order valence-corrected chi connectivity index (χ3v) is 4.07. The zero-order valence-corrected chi connectivity index (χ0v) is 13.1. The average molecular weight is 294 g/mol. The van der Waals surface area contributed by atoms with Gasteiger partial charge in [-0.3, -0.25) is 0 Å². The lowest BCUT2D eigenvalue weighted by atomic mass is 10.1. The second-order valence-corrected chi connectivity index (χ2v) is 6.60. The van der Waals surface area contributed by atoms with Crippen LogP contribution in [0.1, 0.15) is 33.6 Å². The van der Waals surface area contributed by atoms with Gasteiger partial charge in [0.15, 0.2) is 5.03 Å². The first-order valence-corrected chi connectivity index (χ1v) is 8.10. The van der Waals surface area contributed by atoms with E-state index in [1.54, 1.807) is 12.1 Å². The zero-order valence-electron chi connectivity index (χ0n) is 12.3. The maximum atomic E-state index is 11.9. The van der Waals surface area contributed by atoms with Crippen LogP contribution in [-0.2, 0) is 10.0 Å². The largest absolute Gasteiger partial charge is 0.258 e. The van der Waals surface area contributed by atoms with Crippen LogP contribution < -0.4 is 4.72 Å². The van der Waals surface area contributed by atoms with E-state index in [0.29, 0.717) is 6.54 Å². The van der Waals surface area contributed by atoms with Gasteiger partial charge in [-0.2, -0.15) is 0 Å². The molecule has 20 heavy (non-hydrogen) atoms. The minimum absolute atomic E-state index is 0.0515. The van der Waals surface area contributed by atoms with E-state index in [-0.39, 0.29) is 5.03 Å². The lowest BCUT2D eigenvalue weighted by Crippen LogP contribution is -2.24. The van der Waals surface area contributed by atoms with Crippen LogP contribution >= 0.6 is 0 Å². The molecule has 0 saturated carbocycles. The lowest BCUT2D eigenvalue weighted by Gasteiger charge is -2.04. The summed E-state index contributed by atoms with van der Waals surface area (Å²) in [6.45, 7) is 6.44. The highest BCUT2D eigenvalue weighted by atomic mass is 32.2. The zero-order chi connectivity index (χ0) is 15.0. The van der Waals surface area contributed by atoms with Crippen molar-refractivity contribution in [3.8, 4) is 0 Å². The Morgan fingerprint density at radius 3 is 2.60 bits per heavy atom. The van der Waals surface area contributed by atoms with Crippen molar-refractivity contribution in [2.24, 2.45) is 0 Å². The van der Waals surface area contributed by atoms with Crippen molar-refractivity contribution in [2.75, 3.05) is 6.54 Å². The summed E-state index contributed by atoms with van der Waals surface area (Å²) in [5.41, 5.74) is 2.47. The predicted octanol–water partition coefficient (Wildman–Crippen LogP) is 3.05. The van der Waals surface area contributed by atoms with Gasteiger partial charge in [0, 0.05) is 12.7 Å². The number of hydrogen-bond donors (Lipinski definition) is 1. The number of aromatic nitrogens is 1. The maximum Gasteiger partial charge on any atom is 0.258 e. The fourth-order valence-electron chi connectivity index (χ4n) is 1.60. The van der Waals surface area contributed by atoms with Gasteiger partial charge in [0.25, 0.3) is 10.0 Å². The van der Waals surface area contributed by atoms with Gasteiger partial charge in [0.05, 0.1) is 0 Å². The molecule has 0 aliphatic rings. The summed E-state index contributed by atoms with van der Waals surface area (Å²) in [5.74, 6) is 0. The molecule has 0 amide bonds. The second kappa shape index (κ2) is 7.97. The van der Waals surface area contributed by atoms with Crippen molar-refractivity contribution in [3.05, 3.63) is 47.7 Å². The molecule has 1 aromatic rings. The molecule has 0 atom stereocenters. The van der Waals surface area contributed by atoms with Gasteiger partial charge in [-0.15, -0.1) is 0 Å². The third kappa shape index (κ3) is 6.12. The highest BCUT2D eigenvalue weighted by Crippen LogP contribution is 2.07. The van der Waals surface area contributed by atoms with Crippen LogP contribution in [-0.4, -0.2) is 19.9 Å². The third-order valence-electron chi connectivity index (χ3n) is 2.73. The molecule has 1 aromatic heterocycles. The summed E-state index contributed by atoms with van der Waals surface area (Å²) >= 11 is 0. The van der Waals surface area contributed by atoms with E-state index < -0.39 is 10.0 Å². The van der Waals surface area contributed by atoms with E-state index in [2.05, 4.69) is 29.6 Å². The summed E-state index contributed by atoms with van der Waals surface area (Å²) in [5, 5.41) is 0.0515. The molecular weight excluding hydrogens is 272 g/mol. The van der Waals surface area contributed by atoms with Crippen LogP contribution in [0.25, 0.3) is 0 Å². The fourth-order valence-corrected chi connectivity index (χ4v) is 2.50. The standard InChI is InChI=1S/C15H22N2O2S/c1-13(2)7-6-8-14(3)10-12-17-20(18,19)15-9-4-5-11-16-15/h4-5,7,9-11,17H,6,8,12H2,1-3H3/b14-10+. The molecule has 0 saturated heterocycles. The van der Waals surface area contributed by atoms with Gasteiger partial charge in [0.2, 0.25) is 0 Å². The van der Waals surface area contributed by atoms with E-state index >= 15 is 0 Å². The van der Waals surface area contributed by atoms with Crippen molar-refractivity contribution in [1.29, 1.82) is 0 Å². The number of pyridine rings is 1. The quantitative estimate of drug-likeness (QED) is 0.786. The summed E-state index contributed by atoms with van der Waals surface area (Å²) in [6, 6.07) is 4.82. The van der Waals surface area contributed by atoms with Crippen molar-refractivity contribution in [2.45, 2.75) is 38.6 Å². The molecule has 0 unspecified atom stereocenters. The highest BCUT2D eigenvalue weighted by molar-refractivity contribution is 7.89. The Morgan fingerprint density at radius 2 is 2.00 bits per heavy atom. The Bertz CT molecular complexity index is 571. The number of rotatable bonds is 7. The molecule has 0 aliphatic heterocycles. The monoisotopic (exact) mass is 294 g/mol. The maximum absolute atomic E-state index is 11.9. The Labute approximate surface area is 121 Å². The smallest absolute Gasteiger partial charge is 0.243 e. The van der Waals surface area contributed by atoms with Crippen LogP contribution in [0.15, 0.2) is 52.7 Å². The minimum Gasteiger partial charge on any atom is -0.243 e. The second-order valence-electron chi connectivity index (χ2n) is 4.89. The summed E-state index contributed by atoms with van der Waals surface area (Å²) in [6.07, 6.45) is 7.47. The van der Waals surface area contributed by atoms with Gasteiger partial charge >= 0.3 is 0 Å². The Kier molecular flexibility index (Phi) is 6.61. The molecule has 0 aliphatic carbocycles. The Morgan fingerprint density at radius 1 is 1.25 bits per heavy atom. The van der Waals surface area contributed by atoms with Gasteiger partial charge in [0.1, 0.15) is 0 Å². The summed E-state index contributed by atoms with van der Waals surface area (Å²) in [7, 11) is -3.51. The number of sulfonamides is 1. The van der Waals surface area contributed by atoms with Crippen LogP contribution in [0.3, 0.4) is 0 Å². The fraction of sp³-hybridized carbons (Fsp3) is 0.400. The summed E-state index contributed by atoms with van der Waals surface area (Å²) < 4.78 is 26.3. The topological polar surface area (TPSA) is 59.1 Å². The first-order valence-electron chi connectivity index (χ1n) is 6.61. The van der Waals surface area contributed by atoms with Crippen LogP contribution in [0.2, 0.25) is 0 Å². The molecule has 1 heterocycles. The molecule has 0 fully saturated rings. The molecule has 0 spiro atoms. The van der Waals surface area contributed by atoms with Crippen LogP contribution in [0.5, 0.6) is 0 Å². The van der Waals surface area contributed by atoms with E-state index in [1.165, 1.54) is 23.4 Å². The Balaban J connectivity index is 2.49. The number of hydrogen-bond acceptors (Lipinski definition) is 3. The number of nitrogens with zero attached hydrogens (tertiary/aromatic N) is 1. The van der Waals surface area contributed by atoms with Gasteiger partial charge < -0.3 is 0 Å². The van der Waals surface area contributed by atoms with E-state index in [0.717, 1.165) is 12.8 Å². The first-order chi connectivity index (χ1) is 9.42. The Hall–Kier alpha value is -1.46. The molecule has 5 heteroatoms. The van der Waals surface area contributed by atoms with E-state index in [1.807, 2.05) is 13.0 Å². The molecule has 4 nitrogen and oxygen atoms in total. The number of nitrogens with one attached hydrogen (secondary N) is 1. The normalized spacial score (nSPS) is 12.2. The van der Waals surface area contributed by atoms with Crippen LogP contribution in [0, 0.1) is 0 Å². The average Bonchev–Trinajstić information content (AvgIpc) is 2.39. The molecule has 110 valence electrons. The van der Waals surface area contributed by atoms with Gasteiger partial charge in [-0.1, -0.05) is 29.4 Å². The van der Waals surface area contributed by atoms with Crippen molar-refractivity contribution < 1.29 is 8.42 Å². The van der Waals surface area contributed by atoms with Crippen molar-refractivity contribution in [1.82, 2.24) is 9.71 Å². The molecule has 1 rings (SSSR count). The van der Waals surface area contributed by atoms with E-state index in [9.17, 15) is 8.42 Å². The molecule has 0 radical (unpaired) electrons. The molecule has 1 N–H and O–H groups in total. The lowest BCUT2D eigenvalue weighted by molar-refractivity contribution is 0.581. The first kappa shape index (κ1) is 16.6. The highest BCUT2D eigenvalue weighted by Gasteiger charge is 2.12. The van der Waals surface area contributed by atoms with Gasteiger partial charge in [-0.05, 0) is 45.7 Å². The molecule has 0 bridgehead atoms. The molecular formula is C15H22N2O2S. The summed E-state index contributed by atoms with van der Waals surface area (Å²) in [4.78, 5) is 3.84. The van der Waals surface area contributed by atoms with E-state index in [4.69, 9.17) is 0 Å². The predicted molar refractivity (Wildman–Crippen MR) is 81.8 cm³/mol. The van der Waals surface area contributed by atoms with Crippen molar-refractivity contribution in [3.63, 3.8) is 0 Å². The van der Waals surface area contributed by atoms with Gasteiger partial charge in [-0.25, -0.2) is 18.1 Å². The van der Waals surface area contributed by atoms with Crippen LogP contribution in [0.4, 0.5) is 0 Å².